The van der Waals surface area contributed by atoms with E-state index in [1.165, 1.54) is 103 Å². The Balaban J connectivity index is 0.891. The average Bonchev–Trinajstić information content (AvgIpc) is 3.96. The molecule has 0 saturated heterocycles. The molecule has 0 saturated carbocycles. The standard InChI is InChI=1S/C62H43NS/c1-3-10-42(11-4-1)44-18-22-46(23-19-44)48-26-28-50(29-27-48)53-36-39-60-58(40-53)59(52-32-30-49(31-33-52)47-24-20-45(21-25-47)43-12-5-2-6-13-43)41-63(60)54-37-34-51(35-38-54)55-15-9-16-57-56-14-7-8-17-61(56)64-62(55)57/h1-18,20-41,44H,19H2. The summed E-state index contributed by atoms with van der Waals surface area (Å²) >= 11 is 1.88. The second-order valence-electron chi connectivity index (χ2n) is 16.8. The third kappa shape index (κ3) is 6.99. The molecule has 64 heavy (non-hydrogen) atoms. The molecule has 2 aromatic heterocycles. The van der Waals surface area contributed by atoms with Crippen LogP contribution in [0.1, 0.15) is 23.5 Å². The molecule has 1 unspecified atom stereocenters. The van der Waals surface area contributed by atoms with Gasteiger partial charge in [-0.2, -0.15) is 0 Å². The summed E-state index contributed by atoms with van der Waals surface area (Å²) in [4.78, 5) is 0. The largest absolute Gasteiger partial charge is 0.316 e. The van der Waals surface area contributed by atoms with Gasteiger partial charge in [0.1, 0.15) is 0 Å². The number of thiophene rings is 1. The predicted molar refractivity (Wildman–Crippen MR) is 274 cm³/mol. The summed E-state index contributed by atoms with van der Waals surface area (Å²) in [5.41, 5.74) is 18.4. The van der Waals surface area contributed by atoms with Crippen molar-refractivity contribution in [3.63, 3.8) is 0 Å². The van der Waals surface area contributed by atoms with Gasteiger partial charge in [0.25, 0.3) is 0 Å². The maximum atomic E-state index is 2.38. The minimum atomic E-state index is 0.431. The van der Waals surface area contributed by atoms with Crippen LogP contribution in [-0.2, 0) is 0 Å². The van der Waals surface area contributed by atoms with Gasteiger partial charge in [0.05, 0.1) is 5.52 Å². The van der Waals surface area contributed by atoms with E-state index in [0.29, 0.717) is 5.92 Å². The number of rotatable bonds is 8. The van der Waals surface area contributed by atoms with E-state index in [-0.39, 0.29) is 0 Å². The van der Waals surface area contributed by atoms with E-state index in [9.17, 15) is 0 Å². The third-order valence-electron chi connectivity index (χ3n) is 13.1. The molecule has 0 fully saturated rings. The van der Waals surface area contributed by atoms with Crippen LogP contribution in [-0.4, -0.2) is 4.57 Å². The molecule has 2 heterocycles. The summed E-state index contributed by atoms with van der Waals surface area (Å²) in [6.45, 7) is 0. The summed E-state index contributed by atoms with van der Waals surface area (Å²) in [6.07, 6.45) is 10.4. The molecule has 0 spiro atoms. The van der Waals surface area contributed by atoms with E-state index >= 15 is 0 Å². The fraction of sp³-hybridized carbons (Fsp3) is 0.0323. The van der Waals surface area contributed by atoms with Crippen LogP contribution in [0.5, 0.6) is 0 Å². The lowest BCUT2D eigenvalue weighted by Gasteiger charge is -2.17. The molecule has 0 amide bonds. The van der Waals surface area contributed by atoms with E-state index in [2.05, 4.69) is 247 Å². The Bertz CT molecular complexity index is 3510. The van der Waals surface area contributed by atoms with Crippen LogP contribution in [0.25, 0.3) is 98.0 Å². The van der Waals surface area contributed by atoms with Crippen molar-refractivity contribution < 1.29 is 0 Å². The van der Waals surface area contributed by atoms with E-state index in [4.69, 9.17) is 0 Å². The summed E-state index contributed by atoms with van der Waals surface area (Å²) < 4.78 is 5.03. The number of benzene rings is 9. The number of aromatic nitrogens is 1. The number of hydrogen-bond donors (Lipinski definition) is 0. The highest BCUT2D eigenvalue weighted by molar-refractivity contribution is 7.26. The summed E-state index contributed by atoms with van der Waals surface area (Å²) in [5, 5.41) is 3.88. The van der Waals surface area contributed by atoms with E-state index in [0.717, 1.165) is 12.1 Å². The molecule has 0 N–H and O–H groups in total. The van der Waals surface area contributed by atoms with E-state index < -0.39 is 0 Å². The first-order valence-electron chi connectivity index (χ1n) is 22.2. The van der Waals surface area contributed by atoms with Crippen molar-refractivity contribution in [3.8, 4) is 61.3 Å². The molecule has 1 atom stereocenters. The van der Waals surface area contributed by atoms with Crippen LogP contribution in [0.3, 0.4) is 0 Å². The van der Waals surface area contributed by atoms with Crippen LogP contribution in [0.2, 0.25) is 0 Å². The predicted octanol–water partition coefficient (Wildman–Crippen LogP) is 17.5. The van der Waals surface area contributed by atoms with Crippen LogP contribution in [0.15, 0.2) is 243 Å². The maximum absolute atomic E-state index is 2.38. The van der Waals surface area contributed by atoms with Crippen molar-refractivity contribution in [1.29, 1.82) is 0 Å². The molecule has 0 bridgehead atoms. The maximum Gasteiger partial charge on any atom is 0.0535 e. The normalized spacial score (nSPS) is 13.8. The Morgan fingerprint density at radius 1 is 0.406 bits per heavy atom. The van der Waals surface area contributed by atoms with Crippen molar-refractivity contribution in [1.82, 2.24) is 4.57 Å². The van der Waals surface area contributed by atoms with Crippen LogP contribution in [0, 0.1) is 0 Å². The number of nitrogens with zero attached hydrogens (tertiary/aromatic N) is 1. The van der Waals surface area contributed by atoms with Gasteiger partial charge >= 0.3 is 0 Å². The van der Waals surface area contributed by atoms with Crippen molar-refractivity contribution in [2.24, 2.45) is 0 Å². The molecular formula is C62H43NS. The third-order valence-corrected chi connectivity index (χ3v) is 14.3. The van der Waals surface area contributed by atoms with Crippen LogP contribution in [0.4, 0.5) is 0 Å². The first-order valence-corrected chi connectivity index (χ1v) is 23.0. The Kier molecular flexibility index (Phi) is 9.58. The van der Waals surface area contributed by atoms with Gasteiger partial charge in [-0.15, -0.1) is 11.3 Å². The van der Waals surface area contributed by atoms with E-state index in [1.807, 2.05) is 11.3 Å². The first-order chi connectivity index (χ1) is 31.7. The first kappa shape index (κ1) is 37.9. The van der Waals surface area contributed by atoms with Crippen molar-refractivity contribution in [2.75, 3.05) is 0 Å². The quantitative estimate of drug-likeness (QED) is 0.144. The molecule has 1 aliphatic carbocycles. The number of allylic oxidation sites excluding steroid dienone is 4. The number of hydrogen-bond acceptors (Lipinski definition) is 1. The fourth-order valence-corrected chi connectivity index (χ4v) is 10.8. The highest BCUT2D eigenvalue weighted by atomic mass is 32.1. The minimum Gasteiger partial charge on any atom is -0.316 e. The second-order valence-corrected chi connectivity index (χ2v) is 17.9. The monoisotopic (exact) mass is 833 g/mol. The second kappa shape index (κ2) is 16.2. The Labute approximate surface area is 378 Å². The Morgan fingerprint density at radius 2 is 0.953 bits per heavy atom. The molecule has 1 aliphatic rings. The molecule has 12 rings (SSSR count). The van der Waals surface area contributed by atoms with Crippen molar-refractivity contribution in [2.45, 2.75) is 12.3 Å². The molecule has 1 nitrogen and oxygen atoms in total. The van der Waals surface area contributed by atoms with Gasteiger partial charge in [0.2, 0.25) is 0 Å². The molecule has 0 radical (unpaired) electrons. The lowest BCUT2D eigenvalue weighted by molar-refractivity contribution is 0.856. The van der Waals surface area contributed by atoms with Gasteiger partial charge in [-0.3, -0.25) is 0 Å². The van der Waals surface area contributed by atoms with Gasteiger partial charge < -0.3 is 4.57 Å². The van der Waals surface area contributed by atoms with Crippen LogP contribution < -0.4 is 0 Å². The molecular weight excluding hydrogens is 791 g/mol. The summed E-state index contributed by atoms with van der Waals surface area (Å²) in [7, 11) is 0. The minimum absolute atomic E-state index is 0.431. The highest BCUT2D eigenvalue weighted by Gasteiger charge is 2.17. The van der Waals surface area contributed by atoms with Gasteiger partial charge in [0, 0.05) is 48.9 Å². The van der Waals surface area contributed by atoms with Gasteiger partial charge in [-0.05, 0) is 104 Å². The molecule has 2 heteroatoms. The van der Waals surface area contributed by atoms with E-state index in [1.54, 1.807) is 0 Å². The summed E-state index contributed by atoms with van der Waals surface area (Å²) in [6, 6.07) is 80.0. The highest BCUT2D eigenvalue weighted by Crippen LogP contribution is 2.41. The number of fused-ring (bicyclic) bond motifs is 4. The molecule has 9 aromatic carbocycles. The van der Waals surface area contributed by atoms with Gasteiger partial charge in [0.15, 0.2) is 0 Å². The average molecular weight is 834 g/mol. The topological polar surface area (TPSA) is 4.93 Å². The lowest BCUT2D eigenvalue weighted by Crippen LogP contribution is -1.98. The SMILES string of the molecule is C1=CC(c2ccccc2)CC=C1c1ccc(-c2ccc3c(c2)c(-c2ccc(-c4ccc(-c5ccccc5)cc4)cc2)cn3-c2ccc(-c3cccc4c3sc3ccccc34)cc2)cc1. The van der Waals surface area contributed by atoms with Crippen molar-refractivity contribution >= 4 is 48.0 Å². The zero-order valence-electron chi connectivity index (χ0n) is 35.2. The lowest BCUT2D eigenvalue weighted by atomic mass is 9.88. The van der Waals surface area contributed by atoms with Gasteiger partial charge in [-0.25, -0.2) is 0 Å². The Morgan fingerprint density at radius 3 is 1.64 bits per heavy atom. The molecule has 11 aromatic rings. The fourth-order valence-electron chi connectivity index (χ4n) is 9.59. The molecule has 0 aliphatic heterocycles. The zero-order chi connectivity index (χ0) is 42.4. The summed E-state index contributed by atoms with van der Waals surface area (Å²) in [5.74, 6) is 0.431. The van der Waals surface area contributed by atoms with Crippen molar-refractivity contribution in [3.05, 3.63) is 254 Å². The smallest absolute Gasteiger partial charge is 0.0535 e. The molecule has 302 valence electrons. The van der Waals surface area contributed by atoms with Crippen LogP contribution >= 0.6 is 11.3 Å². The van der Waals surface area contributed by atoms with Gasteiger partial charge in [-0.1, -0.05) is 206 Å². The zero-order valence-corrected chi connectivity index (χ0v) is 36.1. The Hall–Kier alpha value is -7.78.